The number of hydrogen-bond donors (Lipinski definition) is 1. The van der Waals surface area contributed by atoms with E-state index in [4.69, 9.17) is 16.3 Å². The smallest absolute Gasteiger partial charge is 0.264 e. The van der Waals surface area contributed by atoms with Gasteiger partial charge in [0.25, 0.3) is 5.91 Å². The van der Waals surface area contributed by atoms with Gasteiger partial charge in [-0.1, -0.05) is 17.7 Å². The molecule has 0 bridgehead atoms. The standard InChI is InChI=1S/C15H17ClN2O2S/c1-10(13-17-7-8-21-13)18-14(19)15(2,3)20-12-6-4-5-11(16)9-12/h4-10H,1-3H3,(H,18,19). The maximum absolute atomic E-state index is 12.4. The number of hydrogen-bond acceptors (Lipinski definition) is 4. The molecule has 1 aromatic carbocycles. The van der Waals surface area contributed by atoms with Gasteiger partial charge in [0, 0.05) is 16.6 Å². The van der Waals surface area contributed by atoms with Gasteiger partial charge >= 0.3 is 0 Å². The molecule has 0 aliphatic rings. The van der Waals surface area contributed by atoms with Crippen LogP contribution < -0.4 is 10.1 Å². The summed E-state index contributed by atoms with van der Waals surface area (Å²) in [6.07, 6.45) is 1.72. The van der Waals surface area contributed by atoms with Crippen molar-refractivity contribution in [3.05, 3.63) is 45.9 Å². The molecule has 0 aliphatic carbocycles. The molecular weight excluding hydrogens is 308 g/mol. The van der Waals surface area contributed by atoms with Crippen molar-refractivity contribution in [2.75, 3.05) is 0 Å². The lowest BCUT2D eigenvalue weighted by Gasteiger charge is -2.26. The third-order valence-corrected chi connectivity index (χ3v) is 4.08. The van der Waals surface area contributed by atoms with Crippen molar-refractivity contribution in [3.8, 4) is 5.75 Å². The zero-order valence-electron chi connectivity index (χ0n) is 12.1. The van der Waals surface area contributed by atoms with Crippen LogP contribution >= 0.6 is 22.9 Å². The van der Waals surface area contributed by atoms with E-state index in [1.807, 2.05) is 12.3 Å². The quantitative estimate of drug-likeness (QED) is 0.909. The van der Waals surface area contributed by atoms with Crippen molar-refractivity contribution < 1.29 is 9.53 Å². The predicted octanol–water partition coefficient (Wildman–Crippen LogP) is 3.83. The van der Waals surface area contributed by atoms with E-state index in [0.717, 1.165) is 5.01 Å². The summed E-state index contributed by atoms with van der Waals surface area (Å²) in [5.74, 6) is 0.356. The minimum atomic E-state index is -1.00. The number of amides is 1. The first kappa shape index (κ1) is 15.8. The highest BCUT2D eigenvalue weighted by atomic mass is 35.5. The second-order valence-corrected chi connectivity index (χ2v) is 6.50. The lowest BCUT2D eigenvalue weighted by Crippen LogP contribution is -2.47. The molecule has 112 valence electrons. The highest BCUT2D eigenvalue weighted by molar-refractivity contribution is 7.09. The lowest BCUT2D eigenvalue weighted by molar-refractivity contribution is -0.134. The molecule has 0 aliphatic heterocycles. The zero-order valence-corrected chi connectivity index (χ0v) is 13.7. The Morgan fingerprint density at radius 1 is 1.48 bits per heavy atom. The second kappa shape index (κ2) is 6.45. The van der Waals surface area contributed by atoms with Gasteiger partial charge in [-0.15, -0.1) is 11.3 Å². The molecule has 0 saturated carbocycles. The fourth-order valence-corrected chi connectivity index (χ4v) is 2.58. The molecule has 1 heterocycles. The number of carbonyl (C=O) groups is 1. The summed E-state index contributed by atoms with van der Waals surface area (Å²) in [7, 11) is 0. The first-order valence-corrected chi connectivity index (χ1v) is 7.79. The summed E-state index contributed by atoms with van der Waals surface area (Å²) >= 11 is 7.42. The largest absolute Gasteiger partial charge is 0.478 e. The van der Waals surface area contributed by atoms with Gasteiger partial charge in [0.2, 0.25) is 0 Å². The number of rotatable bonds is 5. The molecule has 1 amide bonds. The van der Waals surface area contributed by atoms with Crippen molar-refractivity contribution in [1.29, 1.82) is 0 Å². The van der Waals surface area contributed by atoms with Crippen LogP contribution in [0.1, 0.15) is 31.8 Å². The van der Waals surface area contributed by atoms with Gasteiger partial charge in [-0.25, -0.2) is 4.98 Å². The Hall–Kier alpha value is -1.59. The van der Waals surface area contributed by atoms with Gasteiger partial charge in [0.1, 0.15) is 10.8 Å². The fourth-order valence-electron chi connectivity index (χ4n) is 1.75. The summed E-state index contributed by atoms with van der Waals surface area (Å²) in [6.45, 7) is 5.34. The lowest BCUT2D eigenvalue weighted by atomic mass is 10.1. The van der Waals surface area contributed by atoms with Crippen LogP contribution in [0.4, 0.5) is 0 Å². The van der Waals surface area contributed by atoms with E-state index in [-0.39, 0.29) is 11.9 Å². The number of ether oxygens (including phenoxy) is 1. The molecule has 1 N–H and O–H groups in total. The maximum Gasteiger partial charge on any atom is 0.264 e. The van der Waals surface area contributed by atoms with Gasteiger partial charge in [0.15, 0.2) is 5.60 Å². The molecule has 0 saturated heterocycles. The first-order chi connectivity index (χ1) is 9.88. The van der Waals surface area contributed by atoms with E-state index in [1.54, 1.807) is 44.3 Å². The Morgan fingerprint density at radius 2 is 2.24 bits per heavy atom. The molecule has 21 heavy (non-hydrogen) atoms. The SMILES string of the molecule is CC(NC(=O)C(C)(C)Oc1cccc(Cl)c1)c1nccs1. The van der Waals surface area contributed by atoms with E-state index in [1.165, 1.54) is 11.3 Å². The number of carbonyl (C=O) groups excluding carboxylic acids is 1. The summed E-state index contributed by atoms with van der Waals surface area (Å²) in [5.41, 5.74) is -1.00. The van der Waals surface area contributed by atoms with Crippen molar-refractivity contribution >= 4 is 28.8 Å². The summed E-state index contributed by atoms with van der Waals surface area (Å²) in [6, 6.07) is 6.83. The van der Waals surface area contributed by atoms with Gasteiger partial charge in [-0.3, -0.25) is 4.79 Å². The Balaban J connectivity index is 2.03. The van der Waals surface area contributed by atoms with E-state index < -0.39 is 5.60 Å². The molecular formula is C15H17ClN2O2S. The van der Waals surface area contributed by atoms with E-state index >= 15 is 0 Å². The summed E-state index contributed by atoms with van der Waals surface area (Å²) < 4.78 is 5.75. The fraction of sp³-hybridized carbons (Fsp3) is 0.333. The minimum absolute atomic E-state index is 0.153. The number of nitrogens with zero attached hydrogens (tertiary/aromatic N) is 1. The highest BCUT2D eigenvalue weighted by Crippen LogP contribution is 2.23. The van der Waals surface area contributed by atoms with Crippen LogP contribution in [0.3, 0.4) is 0 Å². The van der Waals surface area contributed by atoms with Crippen molar-refractivity contribution in [2.45, 2.75) is 32.4 Å². The van der Waals surface area contributed by atoms with Crippen LogP contribution in [0.15, 0.2) is 35.8 Å². The first-order valence-electron chi connectivity index (χ1n) is 6.53. The van der Waals surface area contributed by atoms with Gasteiger partial charge < -0.3 is 10.1 Å². The number of aromatic nitrogens is 1. The van der Waals surface area contributed by atoms with Crippen molar-refractivity contribution in [1.82, 2.24) is 10.3 Å². The molecule has 1 aromatic heterocycles. The molecule has 6 heteroatoms. The number of thiazole rings is 1. The van der Waals surface area contributed by atoms with E-state index in [9.17, 15) is 4.79 Å². The van der Waals surface area contributed by atoms with Gasteiger partial charge in [0.05, 0.1) is 6.04 Å². The maximum atomic E-state index is 12.4. The molecule has 2 rings (SSSR count). The number of benzene rings is 1. The molecule has 0 radical (unpaired) electrons. The third kappa shape index (κ3) is 4.19. The number of halogens is 1. The predicted molar refractivity (Wildman–Crippen MR) is 84.8 cm³/mol. The average Bonchev–Trinajstić information content (AvgIpc) is 2.91. The Bertz CT molecular complexity index is 614. The van der Waals surface area contributed by atoms with Gasteiger partial charge in [-0.05, 0) is 39.0 Å². The second-order valence-electron chi connectivity index (χ2n) is 5.14. The van der Waals surface area contributed by atoms with Crippen LogP contribution in [0.2, 0.25) is 5.02 Å². The molecule has 1 unspecified atom stereocenters. The zero-order chi connectivity index (χ0) is 15.5. The molecule has 4 nitrogen and oxygen atoms in total. The van der Waals surface area contributed by atoms with Crippen molar-refractivity contribution in [3.63, 3.8) is 0 Å². The third-order valence-electron chi connectivity index (χ3n) is 2.89. The number of nitrogens with one attached hydrogen (secondary N) is 1. The molecule has 2 aromatic rings. The Labute approximate surface area is 133 Å². The normalized spacial score (nSPS) is 12.8. The summed E-state index contributed by atoms with van der Waals surface area (Å²) in [4.78, 5) is 16.6. The summed E-state index contributed by atoms with van der Waals surface area (Å²) in [5, 5.41) is 6.22. The van der Waals surface area contributed by atoms with Crippen molar-refractivity contribution in [2.24, 2.45) is 0 Å². The molecule has 0 spiro atoms. The van der Waals surface area contributed by atoms with Crippen LogP contribution in [0, 0.1) is 0 Å². The Kier molecular flexibility index (Phi) is 4.85. The van der Waals surface area contributed by atoms with Crippen LogP contribution in [0.25, 0.3) is 0 Å². The highest BCUT2D eigenvalue weighted by Gasteiger charge is 2.31. The monoisotopic (exact) mass is 324 g/mol. The van der Waals surface area contributed by atoms with Crippen LogP contribution in [-0.4, -0.2) is 16.5 Å². The van der Waals surface area contributed by atoms with E-state index in [0.29, 0.717) is 10.8 Å². The average molecular weight is 325 g/mol. The Morgan fingerprint density at radius 3 is 2.86 bits per heavy atom. The molecule has 1 atom stereocenters. The van der Waals surface area contributed by atoms with Gasteiger partial charge in [-0.2, -0.15) is 0 Å². The molecule has 0 fully saturated rings. The van der Waals surface area contributed by atoms with Crippen LogP contribution in [0.5, 0.6) is 5.75 Å². The topological polar surface area (TPSA) is 51.2 Å². The minimum Gasteiger partial charge on any atom is -0.478 e. The van der Waals surface area contributed by atoms with Crippen LogP contribution in [-0.2, 0) is 4.79 Å². The van der Waals surface area contributed by atoms with E-state index in [2.05, 4.69) is 10.3 Å².